The first-order valence-electron chi connectivity index (χ1n) is 7.54. The van der Waals surface area contributed by atoms with Gasteiger partial charge in [-0.15, -0.1) is 0 Å². The maximum Gasteiger partial charge on any atom is 0.252 e. The van der Waals surface area contributed by atoms with Crippen LogP contribution in [-0.4, -0.2) is 61.8 Å². The van der Waals surface area contributed by atoms with Crippen LogP contribution in [-0.2, 0) is 9.53 Å². The van der Waals surface area contributed by atoms with Crippen LogP contribution in [0.5, 0.6) is 0 Å². The van der Waals surface area contributed by atoms with Crippen molar-refractivity contribution < 1.29 is 9.53 Å². The molecule has 1 amide bonds. The summed E-state index contributed by atoms with van der Waals surface area (Å²) >= 11 is 0. The summed E-state index contributed by atoms with van der Waals surface area (Å²) in [6.45, 7) is 3.88. The third kappa shape index (κ3) is 2.78. The Kier molecular flexibility index (Phi) is 3.78. The predicted octanol–water partition coefficient (Wildman–Crippen LogP) is 0.108. The van der Waals surface area contributed by atoms with Gasteiger partial charge in [0, 0.05) is 32.3 Å². The molecule has 0 bridgehead atoms. The minimum absolute atomic E-state index is 0.0964. The maximum absolute atomic E-state index is 12.5. The lowest BCUT2D eigenvalue weighted by Gasteiger charge is -2.35. The molecule has 2 aliphatic heterocycles. The lowest BCUT2D eigenvalue weighted by Crippen LogP contribution is -2.56. The highest BCUT2D eigenvalue weighted by Gasteiger charge is 2.42. The van der Waals surface area contributed by atoms with E-state index in [1.54, 1.807) is 7.11 Å². The van der Waals surface area contributed by atoms with E-state index in [0.29, 0.717) is 6.04 Å². The first kappa shape index (κ1) is 13.3. The van der Waals surface area contributed by atoms with E-state index in [2.05, 4.69) is 15.5 Å². The molecule has 0 aromatic carbocycles. The molecule has 1 unspecified atom stereocenters. The number of nitrogens with zero attached hydrogens (tertiary/aromatic N) is 1. The van der Waals surface area contributed by atoms with Crippen LogP contribution in [0, 0.1) is 0 Å². The molecule has 1 aliphatic carbocycles. The second-order valence-corrected chi connectivity index (χ2v) is 6.13. The van der Waals surface area contributed by atoms with Gasteiger partial charge in [0.25, 0.3) is 5.91 Å². The lowest BCUT2D eigenvalue weighted by molar-refractivity contribution is -0.147. The third-order valence-electron chi connectivity index (χ3n) is 4.83. The van der Waals surface area contributed by atoms with Gasteiger partial charge in [0.2, 0.25) is 0 Å². The Morgan fingerprint density at radius 3 is 2.68 bits per heavy atom. The number of piperidine rings is 1. The zero-order valence-electron chi connectivity index (χ0n) is 11.8. The molecule has 0 aromatic heterocycles. The summed E-state index contributed by atoms with van der Waals surface area (Å²) < 4.78 is 5.57. The lowest BCUT2D eigenvalue weighted by atomic mass is 9.90. The summed E-state index contributed by atoms with van der Waals surface area (Å²) in [6.07, 6.45) is 5.31. The van der Waals surface area contributed by atoms with Crippen molar-refractivity contribution in [2.24, 2.45) is 0 Å². The maximum atomic E-state index is 12.5. The first-order chi connectivity index (χ1) is 9.23. The smallest absolute Gasteiger partial charge is 0.252 e. The Morgan fingerprint density at radius 1 is 1.32 bits per heavy atom. The summed E-state index contributed by atoms with van der Waals surface area (Å²) in [6, 6.07) is 1.12. The Balaban J connectivity index is 1.54. The summed E-state index contributed by atoms with van der Waals surface area (Å²) in [4.78, 5) is 15.0. The predicted molar refractivity (Wildman–Crippen MR) is 73.0 cm³/mol. The van der Waals surface area contributed by atoms with E-state index >= 15 is 0 Å². The van der Waals surface area contributed by atoms with Gasteiger partial charge in [-0.3, -0.25) is 9.69 Å². The summed E-state index contributed by atoms with van der Waals surface area (Å²) in [5.41, 5.74) is -0.599. The summed E-state index contributed by atoms with van der Waals surface area (Å²) in [5, 5.41) is 6.50. The fourth-order valence-corrected chi connectivity index (χ4v) is 3.35. The van der Waals surface area contributed by atoms with Crippen molar-refractivity contribution in [2.75, 3.05) is 33.3 Å². The molecule has 5 heteroatoms. The molecule has 5 nitrogen and oxygen atoms in total. The van der Waals surface area contributed by atoms with E-state index in [4.69, 9.17) is 4.74 Å². The van der Waals surface area contributed by atoms with E-state index in [1.165, 1.54) is 12.8 Å². The molecule has 3 rings (SSSR count). The highest BCUT2D eigenvalue weighted by atomic mass is 16.5. The van der Waals surface area contributed by atoms with Gasteiger partial charge in [0.05, 0.1) is 0 Å². The number of ether oxygens (including phenoxy) is 1. The van der Waals surface area contributed by atoms with Crippen molar-refractivity contribution in [3.05, 3.63) is 0 Å². The van der Waals surface area contributed by atoms with Crippen LogP contribution in [0.2, 0.25) is 0 Å². The Labute approximate surface area is 115 Å². The molecule has 1 atom stereocenters. The van der Waals surface area contributed by atoms with Crippen LogP contribution in [0.4, 0.5) is 0 Å². The molecule has 19 heavy (non-hydrogen) atoms. The van der Waals surface area contributed by atoms with Crippen molar-refractivity contribution in [3.8, 4) is 0 Å². The number of carbonyl (C=O) groups is 1. The fourth-order valence-electron chi connectivity index (χ4n) is 3.35. The second kappa shape index (κ2) is 5.38. The number of nitrogens with one attached hydrogen (secondary N) is 2. The van der Waals surface area contributed by atoms with Crippen LogP contribution in [0.1, 0.15) is 32.1 Å². The number of likely N-dealkylation sites (tertiary alicyclic amines) is 1. The van der Waals surface area contributed by atoms with Gasteiger partial charge in [-0.05, 0) is 45.2 Å². The largest absolute Gasteiger partial charge is 0.368 e. The Hall–Kier alpha value is -0.650. The Bertz CT molecular complexity index is 338. The molecular weight excluding hydrogens is 242 g/mol. The van der Waals surface area contributed by atoms with Crippen LogP contribution >= 0.6 is 0 Å². The minimum Gasteiger partial charge on any atom is -0.368 e. The molecule has 0 spiro atoms. The minimum atomic E-state index is -0.599. The van der Waals surface area contributed by atoms with Crippen molar-refractivity contribution in [1.29, 1.82) is 0 Å². The highest BCUT2D eigenvalue weighted by molar-refractivity contribution is 5.85. The van der Waals surface area contributed by atoms with Gasteiger partial charge in [0.1, 0.15) is 5.60 Å². The number of hydrogen-bond donors (Lipinski definition) is 2. The van der Waals surface area contributed by atoms with Gasteiger partial charge >= 0.3 is 0 Å². The van der Waals surface area contributed by atoms with E-state index in [1.807, 2.05) is 0 Å². The second-order valence-electron chi connectivity index (χ2n) is 6.13. The number of hydrogen-bond acceptors (Lipinski definition) is 4. The zero-order valence-corrected chi connectivity index (χ0v) is 11.8. The molecule has 108 valence electrons. The summed E-state index contributed by atoms with van der Waals surface area (Å²) in [5.74, 6) is 0.0964. The van der Waals surface area contributed by atoms with Crippen molar-refractivity contribution in [2.45, 2.75) is 49.8 Å². The fraction of sp³-hybridized carbons (Fsp3) is 0.929. The van der Waals surface area contributed by atoms with Gasteiger partial charge in [-0.25, -0.2) is 0 Å². The van der Waals surface area contributed by atoms with Crippen LogP contribution in [0.3, 0.4) is 0 Å². The van der Waals surface area contributed by atoms with E-state index in [0.717, 1.165) is 51.5 Å². The third-order valence-corrected chi connectivity index (χ3v) is 4.83. The first-order valence-corrected chi connectivity index (χ1v) is 7.54. The number of carbonyl (C=O) groups excluding carboxylic acids is 1. The number of methoxy groups -OCH3 is 1. The molecule has 1 saturated carbocycles. The average molecular weight is 267 g/mol. The standard InChI is InChI=1S/C14H25N3O2/c1-19-14(5-7-15-8-6-14)13(18)16-11-4-9-17(10-11)12-2-3-12/h11-12,15H,2-10H2,1H3,(H,16,18). The van der Waals surface area contributed by atoms with Gasteiger partial charge in [-0.2, -0.15) is 0 Å². The molecular formula is C14H25N3O2. The van der Waals surface area contributed by atoms with Crippen LogP contribution in [0.25, 0.3) is 0 Å². The zero-order chi connectivity index (χ0) is 13.3. The quantitative estimate of drug-likeness (QED) is 0.759. The molecule has 0 aromatic rings. The average Bonchev–Trinajstić information content (AvgIpc) is 3.20. The molecule has 3 fully saturated rings. The Morgan fingerprint density at radius 2 is 2.05 bits per heavy atom. The summed E-state index contributed by atoms with van der Waals surface area (Å²) in [7, 11) is 1.66. The number of rotatable bonds is 4. The molecule has 2 N–H and O–H groups in total. The van der Waals surface area contributed by atoms with Crippen molar-refractivity contribution in [3.63, 3.8) is 0 Å². The van der Waals surface area contributed by atoms with Crippen molar-refractivity contribution >= 4 is 5.91 Å². The van der Waals surface area contributed by atoms with Gasteiger partial charge in [0.15, 0.2) is 0 Å². The van der Waals surface area contributed by atoms with Crippen molar-refractivity contribution in [1.82, 2.24) is 15.5 Å². The van der Waals surface area contributed by atoms with Gasteiger partial charge < -0.3 is 15.4 Å². The van der Waals surface area contributed by atoms with Gasteiger partial charge in [-0.1, -0.05) is 0 Å². The van der Waals surface area contributed by atoms with E-state index < -0.39 is 5.60 Å². The topological polar surface area (TPSA) is 53.6 Å². The van der Waals surface area contributed by atoms with Crippen LogP contribution < -0.4 is 10.6 Å². The molecule has 2 heterocycles. The van der Waals surface area contributed by atoms with Crippen LogP contribution in [0.15, 0.2) is 0 Å². The molecule has 0 radical (unpaired) electrons. The normalized spacial score (nSPS) is 31.3. The SMILES string of the molecule is COC1(C(=O)NC2CCN(C3CC3)C2)CCNCC1. The molecule has 2 saturated heterocycles. The van der Waals surface area contributed by atoms with E-state index in [-0.39, 0.29) is 5.91 Å². The number of amides is 1. The van der Waals surface area contributed by atoms with E-state index in [9.17, 15) is 4.79 Å². The molecule has 3 aliphatic rings. The monoisotopic (exact) mass is 267 g/mol. The highest BCUT2D eigenvalue weighted by Crippen LogP contribution is 2.30.